The van der Waals surface area contributed by atoms with Crippen LogP contribution in [0.5, 0.6) is 0 Å². The lowest BCUT2D eigenvalue weighted by Gasteiger charge is -1.93. The Hall–Kier alpha value is -1.84. The normalized spacial score (nSPS) is 11.3. The van der Waals surface area contributed by atoms with E-state index in [1.165, 1.54) is 0 Å². The zero-order valence-corrected chi connectivity index (χ0v) is 7.32. The molecule has 0 aliphatic rings. The van der Waals surface area contributed by atoms with E-state index in [0.29, 0.717) is 11.3 Å². The molecule has 0 bridgehead atoms. The molecular formula is C9H11N3O. The van der Waals surface area contributed by atoms with Crippen molar-refractivity contribution in [1.29, 1.82) is 0 Å². The SMILES string of the molecule is C/C(=N/N)c1ccccc(N)c1=O. The second-order valence-electron chi connectivity index (χ2n) is 2.63. The largest absolute Gasteiger partial charge is 0.396 e. The molecule has 0 aliphatic carbocycles. The van der Waals surface area contributed by atoms with Gasteiger partial charge >= 0.3 is 0 Å². The number of hydrogen-bond donors (Lipinski definition) is 2. The molecule has 0 radical (unpaired) electrons. The molecule has 1 aromatic rings. The lowest BCUT2D eigenvalue weighted by atomic mass is 10.2. The number of anilines is 1. The maximum absolute atomic E-state index is 11.5. The molecule has 0 unspecified atom stereocenters. The van der Waals surface area contributed by atoms with Gasteiger partial charge in [0.25, 0.3) is 0 Å². The van der Waals surface area contributed by atoms with Crippen LogP contribution in [-0.2, 0) is 0 Å². The Labute approximate surface area is 75.9 Å². The summed E-state index contributed by atoms with van der Waals surface area (Å²) in [6.07, 6.45) is 0. The van der Waals surface area contributed by atoms with E-state index >= 15 is 0 Å². The number of rotatable bonds is 1. The molecule has 0 heterocycles. The molecule has 0 saturated carbocycles. The summed E-state index contributed by atoms with van der Waals surface area (Å²) in [7, 11) is 0. The van der Waals surface area contributed by atoms with Crippen molar-refractivity contribution in [2.24, 2.45) is 10.9 Å². The van der Waals surface area contributed by atoms with Crippen LogP contribution in [0.3, 0.4) is 0 Å². The van der Waals surface area contributed by atoms with Crippen LogP contribution in [0.25, 0.3) is 0 Å². The van der Waals surface area contributed by atoms with Gasteiger partial charge in [0.1, 0.15) is 0 Å². The van der Waals surface area contributed by atoms with Crippen LogP contribution >= 0.6 is 0 Å². The molecule has 1 aromatic carbocycles. The second kappa shape index (κ2) is 3.71. The summed E-state index contributed by atoms with van der Waals surface area (Å²) in [4.78, 5) is 11.5. The van der Waals surface area contributed by atoms with Gasteiger partial charge in [0, 0.05) is 5.56 Å². The van der Waals surface area contributed by atoms with E-state index in [1.54, 1.807) is 31.2 Å². The molecular weight excluding hydrogens is 166 g/mol. The third kappa shape index (κ3) is 1.84. The van der Waals surface area contributed by atoms with Crippen LogP contribution in [0.1, 0.15) is 12.5 Å². The van der Waals surface area contributed by atoms with Crippen LogP contribution in [0.4, 0.5) is 5.69 Å². The Morgan fingerprint density at radius 3 is 2.62 bits per heavy atom. The van der Waals surface area contributed by atoms with Crippen LogP contribution in [0, 0.1) is 0 Å². The predicted octanol–water partition coefficient (Wildman–Crippen LogP) is 0.312. The van der Waals surface area contributed by atoms with Gasteiger partial charge < -0.3 is 11.6 Å². The van der Waals surface area contributed by atoms with Gasteiger partial charge in [-0.3, -0.25) is 4.79 Å². The number of nitrogen functional groups attached to an aromatic ring is 1. The Bertz CT molecular complexity index is 398. The molecule has 0 atom stereocenters. The fraction of sp³-hybridized carbons (Fsp3) is 0.111. The van der Waals surface area contributed by atoms with E-state index in [-0.39, 0.29) is 11.1 Å². The van der Waals surface area contributed by atoms with Gasteiger partial charge in [0.15, 0.2) is 0 Å². The average Bonchev–Trinajstić information content (AvgIpc) is 2.29. The first-order valence-corrected chi connectivity index (χ1v) is 3.80. The summed E-state index contributed by atoms with van der Waals surface area (Å²) < 4.78 is 0. The first-order chi connectivity index (χ1) is 6.16. The van der Waals surface area contributed by atoms with Crippen LogP contribution in [0.2, 0.25) is 0 Å². The highest BCUT2D eigenvalue weighted by atomic mass is 16.1. The monoisotopic (exact) mass is 177 g/mol. The standard InChI is InChI=1S/C9H11N3O/c1-6(12-11)7-4-2-3-5-8(10)9(7)13/h2-5H,11H2,1H3,(H2,10,13)/b12-6-. The van der Waals surface area contributed by atoms with Gasteiger partial charge in [-0.15, -0.1) is 0 Å². The smallest absolute Gasteiger partial charge is 0.210 e. The number of nitrogens with two attached hydrogens (primary N) is 2. The molecule has 0 spiro atoms. The van der Waals surface area contributed by atoms with Crippen molar-refractivity contribution >= 4 is 11.4 Å². The first kappa shape index (κ1) is 9.25. The quantitative estimate of drug-likeness (QED) is 0.368. The van der Waals surface area contributed by atoms with E-state index in [0.717, 1.165) is 0 Å². The fourth-order valence-electron chi connectivity index (χ4n) is 0.972. The van der Waals surface area contributed by atoms with Crippen molar-refractivity contribution in [3.05, 3.63) is 40.1 Å². The molecule has 13 heavy (non-hydrogen) atoms. The molecule has 68 valence electrons. The lowest BCUT2D eigenvalue weighted by Crippen LogP contribution is -2.15. The van der Waals surface area contributed by atoms with Crippen molar-refractivity contribution in [2.75, 3.05) is 5.73 Å². The molecule has 4 heteroatoms. The van der Waals surface area contributed by atoms with E-state index < -0.39 is 0 Å². The van der Waals surface area contributed by atoms with Crippen LogP contribution < -0.4 is 17.0 Å². The first-order valence-electron chi connectivity index (χ1n) is 3.80. The van der Waals surface area contributed by atoms with Crippen molar-refractivity contribution in [3.63, 3.8) is 0 Å². The topological polar surface area (TPSA) is 81.5 Å². The summed E-state index contributed by atoms with van der Waals surface area (Å²) >= 11 is 0. The molecule has 0 aromatic heterocycles. The minimum atomic E-state index is -0.239. The maximum atomic E-state index is 11.5. The molecule has 0 saturated heterocycles. The summed E-state index contributed by atoms with van der Waals surface area (Å²) in [6, 6.07) is 6.62. The zero-order chi connectivity index (χ0) is 9.84. The van der Waals surface area contributed by atoms with E-state index in [2.05, 4.69) is 5.10 Å². The Kier molecular flexibility index (Phi) is 2.64. The van der Waals surface area contributed by atoms with E-state index in [1.807, 2.05) is 0 Å². The van der Waals surface area contributed by atoms with Gasteiger partial charge in [-0.05, 0) is 19.1 Å². The summed E-state index contributed by atoms with van der Waals surface area (Å²) in [6.45, 7) is 1.66. The molecule has 4 N–H and O–H groups in total. The highest BCUT2D eigenvalue weighted by molar-refractivity contribution is 5.98. The van der Waals surface area contributed by atoms with Gasteiger partial charge in [-0.1, -0.05) is 12.1 Å². The zero-order valence-electron chi connectivity index (χ0n) is 7.32. The summed E-state index contributed by atoms with van der Waals surface area (Å²) in [5.74, 6) is 5.07. The minimum Gasteiger partial charge on any atom is -0.396 e. The lowest BCUT2D eigenvalue weighted by molar-refractivity contribution is 1.23. The Morgan fingerprint density at radius 1 is 1.38 bits per heavy atom. The van der Waals surface area contributed by atoms with Gasteiger partial charge in [0.05, 0.1) is 11.4 Å². The fourth-order valence-corrected chi connectivity index (χ4v) is 0.972. The average molecular weight is 177 g/mol. The molecule has 0 aliphatic heterocycles. The predicted molar refractivity (Wildman–Crippen MR) is 53.5 cm³/mol. The van der Waals surface area contributed by atoms with Gasteiger partial charge in [-0.2, -0.15) is 5.10 Å². The van der Waals surface area contributed by atoms with Crippen molar-refractivity contribution in [1.82, 2.24) is 0 Å². The third-order valence-electron chi connectivity index (χ3n) is 1.74. The maximum Gasteiger partial charge on any atom is 0.210 e. The van der Waals surface area contributed by atoms with Crippen LogP contribution in [0.15, 0.2) is 34.2 Å². The van der Waals surface area contributed by atoms with Crippen LogP contribution in [-0.4, -0.2) is 5.71 Å². The molecule has 1 rings (SSSR count). The molecule has 0 fully saturated rings. The third-order valence-corrected chi connectivity index (χ3v) is 1.74. The summed E-state index contributed by atoms with van der Waals surface area (Å²) in [5.41, 5.74) is 6.36. The van der Waals surface area contributed by atoms with Crippen molar-refractivity contribution in [3.8, 4) is 0 Å². The summed E-state index contributed by atoms with van der Waals surface area (Å²) in [5, 5.41) is 3.45. The highest BCUT2D eigenvalue weighted by Gasteiger charge is 2.02. The molecule has 0 amide bonds. The number of hydrazone groups is 1. The second-order valence-corrected chi connectivity index (χ2v) is 2.63. The van der Waals surface area contributed by atoms with Crippen molar-refractivity contribution in [2.45, 2.75) is 6.92 Å². The molecule has 4 nitrogen and oxygen atoms in total. The number of nitrogens with zero attached hydrogens (tertiary/aromatic N) is 1. The van der Waals surface area contributed by atoms with Crippen molar-refractivity contribution < 1.29 is 0 Å². The van der Waals surface area contributed by atoms with Gasteiger partial charge in [-0.25, -0.2) is 0 Å². The number of hydrogen-bond acceptors (Lipinski definition) is 4. The Morgan fingerprint density at radius 2 is 2.00 bits per heavy atom. The van der Waals surface area contributed by atoms with Gasteiger partial charge in [0.2, 0.25) is 5.43 Å². The van der Waals surface area contributed by atoms with E-state index in [4.69, 9.17) is 11.6 Å². The minimum absolute atomic E-state index is 0.197. The highest BCUT2D eigenvalue weighted by Crippen LogP contribution is 1.97. The Balaban J connectivity index is 3.50. The van der Waals surface area contributed by atoms with E-state index in [9.17, 15) is 4.79 Å².